The molecule has 3 heterocycles. The lowest BCUT2D eigenvalue weighted by Crippen LogP contribution is -2.25. The summed E-state index contributed by atoms with van der Waals surface area (Å²) in [6.45, 7) is 0. The summed E-state index contributed by atoms with van der Waals surface area (Å²) in [5, 5.41) is 7.62. The van der Waals surface area contributed by atoms with E-state index in [4.69, 9.17) is 0 Å². The van der Waals surface area contributed by atoms with Crippen molar-refractivity contribution < 1.29 is 4.79 Å². The van der Waals surface area contributed by atoms with Gasteiger partial charge in [0.1, 0.15) is 6.04 Å². The number of nitrogens with zero attached hydrogens (tertiary/aromatic N) is 2. The minimum atomic E-state index is -0.202. The highest BCUT2D eigenvalue weighted by molar-refractivity contribution is 7.98. The number of carbonyl (C=O) groups is 1. The topological polar surface area (TPSA) is 46.9 Å². The van der Waals surface area contributed by atoms with Crippen LogP contribution in [-0.2, 0) is 4.79 Å². The molecule has 0 bridgehead atoms. The molecule has 1 amide bonds. The Kier molecular flexibility index (Phi) is 5.53. The summed E-state index contributed by atoms with van der Waals surface area (Å²) >= 11 is 4.86. The molecule has 0 saturated heterocycles. The molecule has 3 rings (SSSR count). The van der Waals surface area contributed by atoms with Gasteiger partial charge in [0.15, 0.2) is 5.13 Å². The SMILES string of the molecule is CSCC[C@@H](C(=O)Nc1nc(-c2cccs2)cs1)n1cccc1. The van der Waals surface area contributed by atoms with Crippen LogP contribution in [0.3, 0.4) is 0 Å². The van der Waals surface area contributed by atoms with Crippen molar-refractivity contribution >= 4 is 45.5 Å². The number of thiazole rings is 1. The van der Waals surface area contributed by atoms with Gasteiger partial charge in [-0.15, -0.1) is 22.7 Å². The smallest absolute Gasteiger partial charge is 0.249 e. The molecule has 3 aromatic heterocycles. The number of aromatic nitrogens is 2. The predicted molar refractivity (Wildman–Crippen MR) is 101 cm³/mol. The second-order valence-corrected chi connectivity index (χ2v) is 7.72. The number of nitrogens with one attached hydrogen (secondary N) is 1. The summed E-state index contributed by atoms with van der Waals surface area (Å²) in [7, 11) is 0. The summed E-state index contributed by atoms with van der Waals surface area (Å²) in [6, 6.07) is 7.72. The van der Waals surface area contributed by atoms with Crippen molar-refractivity contribution in [1.82, 2.24) is 9.55 Å². The Balaban J connectivity index is 1.71. The third-order valence-corrected chi connectivity index (χ3v) is 5.69. The number of thioether (sulfide) groups is 1. The van der Waals surface area contributed by atoms with E-state index in [1.807, 2.05) is 52.0 Å². The molecule has 0 radical (unpaired) electrons. The second-order valence-electron chi connectivity index (χ2n) is 4.93. The third kappa shape index (κ3) is 4.04. The van der Waals surface area contributed by atoms with E-state index in [9.17, 15) is 4.79 Å². The number of hydrogen-bond acceptors (Lipinski definition) is 5. The van der Waals surface area contributed by atoms with E-state index in [2.05, 4.69) is 16.6 Å². The van der Waals surface area contributed by atoms with Gasteiger partial charge in [0.05, 0.1) is 10.6 Å². The minimum Gasteiger partial charge on any atom is -0.342 e. The standard InChI is InChI=1S/C16H17N3OS3/c1-21-10-6-13(19-7-2-3-8-19)15(20)18-16-17-12(11-23-16)14-5-4-9-22-14/h2-5,7-9,11,13H,6,10H2,1H3,(H,17,18,20)/t13-/m0/s1. The summed E-state index contributed by atoms with van der Waals surface area (Å²) in [4.78, 5) is 18.3. The van der Waals surface area contributed by atoms with Gasteiger partial charge in [-0.3, -0.25) is 4.79 Å². The first-order valence-corrected chi connectivity index (χ1v) is 10.3. The van der Waals surface area contributed by atoms with Gasteiger partial charge in [-0.2, -0.15) is 11.8 Å². The Morgan fingerprint density at radius 3 is 2.87 bits per heavy atom. The van der Waals surface area contributed by atoms with Crippen LogP contribution < -0.4 is 5.32 Å². The van der Waals surface area contributed by atoms with E-state index < -0.39 is 0 Å². The van der Waals surface area contributed by atoms with Crippen molar-refractivity contribution in [2.75, 3.05) is 17.3 Å². The Hall–Kier alpha value is -1.57. The number of rotatable bonds is 7. The second kappa shape index (κ2) is 7.81. The normalized spacial score (nSPS) is 12.2. The maximum absolute atomic E-state index is 12.6. The molecule has 0 unspecified atom stereocenters. The van der Waals surface area contributed by atoms with Gasteiger partial charge in [0, 0.05) is 17.8 Å². The highest BCUT2D eigenvalue weighted by atomic mass is 32.2. The fourth-order valence-electron chi connectivity index (χ4n) is 2.26. The van der Waals surface area contributed by atoms with Crippen LogP contribution in [-0.4, -0.2) is 27.5 Å². The largest absolute Gasteiger partial charge is 0.342 e. The average Bonchev–Trinajstić information content (AvgIpc) is 3.30. The van der Waals surface area contributed by atoms with E-state index in [-0.39, 0.29) is 11.9 Å². The molecule has 1 N–H and O–H groups in total. The Bertz CT molecular complexity index is 735. The highest BCUT2D eigenvalue weighted by Gasteiger charge is 2.20. The van der Waals surface area contributed by atoms with Crippen molar-refractivity contribution in [3.8, 4) is 10.6 Å². The van der Waals surface area contributed by atoms with Crippen LogP contribution in [0.5, 0.6) is 0 Å². The molecule has 7 heteroatoms. The zero-order valence-corrected chi connectivity index (χ0v) is 15.1. The first-order chi connectivity index (χ1) is 11.3. The van der Waals surface area contributed by atoms with Crippen LogP contribution in [0.25, 0.3) is 10.6 Å². The Morgan fingerprint density at radius 2 is 2.17 bits per heavy atom. The molecule has 0 aromatic carbocycles. The zero-order valence-electron chi connectivity index (χ0n) is 12.6. The molecule has 1 atom stereocenters. The highest BCUT2D eigenvalue weighted by Crippen LogP contribution is 2.29. The molecule has 23 heavy (non-hydrogen) atoms. The fourth-order valence-corrected chi connectivity index (χ4v) is 4.19. The average molecular weight is 364 g/mol. The van der Waals surface area contributed by atoms with Crippen molar-refractivity contribution in [2.45, 2.75) is 12.5 Å². The Labute approximate surface area is 147 Å². The van der Waals surface area contributed by atoms with Crippen LogP contribution >= 0.6 is 34.4 Å². The van der Waals surface area contributed by atoms with Crippen molar-refractivity contribution in [1.29, 1.82) is 0 Å². The van der Waals surface area contributed by atoms with Gasteiger partial charge in [0.2, 0.25) is 5.91 Å². The number of anilines is 1. The first kappa shape index (κ1) is 16.3. The number of amides is 1. The molecule has 4 nitrogen and oxygen atoms in total. The summed E-state index contributed by atoms with van der Waals surface area (Å²) < 4.78 is 1.96. The van der Waals surface area contributed by atoms with E-state index in [0.717, 1.165) is 22.7 Å². The van der Waals surface area contributed by atoms with E-state index in [1.165, 1.54) is 11.3 Å². The van der Waals surface area contributed by atoms with Gasteiger partial charge < -0.3 is 9.88 Å². The predicted octanol–water partition coefficient (Wildman–Crippen LogP) is 4.61. The van der Waals surface area contributed by atoms with E-state index in [1.54, 1.807) is 23.1 Å². The summed E-state index contributed by atoms with van der Waals surface area (Å²) in [5.41, 5.74) is 0.918. The molecule has 0 aliphatic carbocycles. The summed E-state index contributed by atoms with van der Waals surface area (Å²) in [6.07, 6.45) is 6.72. The van der Waals surface area contributed by atoms with Gasteiger partial charge in [-0.25, -0.2) is 4.98 Å². The quantitative estimate of drug-likeness (QED) is 0.667. The minimum absolute atomic E-state index is 0.0117. The molecular formula is C16H17N3OS3. The fraction of sp³-hybridized carbons (Fsp3) is 0.250. The number of carbonyl (C=O) groups excluding carboxylic acids is 1. The maximum atomic E-state index is 12.6. The van der Waals surface area contributed by atoms with Gasteiger partial charge >= 0.3 is 0 Å². The lowest BCUT2D eigenvalue weighted by Gasteiger charge is -2.17. The van der Waals surface area contributed by atoms with Gasteiger partial charge in [-0.05, 0) is 42.0 Å². The van der Waals surface area contributed by atoms with Crippen molar-refractivity contribution in [2.24, 2.45) is 0 Å². The van der Waals surface area contributed by atoms with Gasteiger partial charge in [-0.1, -0.05) is 6.07 Å². The van der Waals surface area contributed by atoms with Crippen LogP contribution in [0, 0.1) is 0 Å². The lowest BCUT2D eigenvalue weighted by molar-refractivity contribution is -0.119. The molecule has 120 valence electrons. The molecule has 3 aromatic rings. The zero-order chi connectivity index (χ0) is 16.1. The molecule has 0 aliphatic rings. The molecule has 0 saturated carbocycles. The van der Waals surface area contributed by atoms with E-state index in [0.29, 0.717) is 5.13 Å². The molecule has 0 aliphatic heterocycles. The van der Waals surface area contributed by atoms with Crippen LogP contribution in [0.2, 0.25) is 0 Å². The molecule has 0 fully saturated rings. The monoisotopic (exact) mass is 363 g/mol. The molecule has 0 spiro atoms. The summed E-state index contributed by atoms with van der Waals surface area (Å²) in [5.74, 6) is 0.927. The van der Waals surface area contributed by atoms with Gasteiger partial charge in [0.25, 0.3) is 0 Å². The van der Waals surface area contributed by atoms with Crippen LogP contribution in [0.4, 0.5) is 5.13 Å². The Morgan fingerprint density at radius 1 is 1.35 bits per heavy atom. The van der Waals surface area contributed by atoms with Crippen LogP contribution in [0.1, 0.15) is 12.5 Å². The molecular weight excluding hydrogens is 346 g/mol. The lowest BCUT2D eigenvalue weighted by atomic mass is 10.2. The maximum Gasteiger partial charge on any atom is 0.249 e. The number of thiophene rings is 1. The van der Waals surface area contributed by atoms with Crippen molar-refractivity contribution in [3.63, 3.8) is 0 Å². The van der Waals surface area contributed by atoms with E-state index >= 15 is 0 Å². The van der Waals surface area contributed by atoms with Crippen LogP contribution in [0.15, 0.2) is 47.4 Å². The van der Waals surface area contributed by atoms with Crippen molar-refractivity contribution in [3.05, 3.63) is 47.4 Å². The third-order valence-electron chi connectivity index (χ3n) is 3.39. The first-order valence-electron chi connectivity index (χ1n) is 7.19. The number of hydrogen-bond donors (Lipinski definition) is 1.